The Hall–Kier alpha value is -1.60. The summed E-state index contributed by atoms with van der Waals surface area (Å²) in [6.45, 7) is 5.85. The van der Waals surface area contributed by atoms with Crippen LogP contribution in [0.15, 0.2) is 17.1 Å². The average molecular weight is 364 g/mol. The molecule has 3 aliphatic heterocycles. The molecule has 2 atom stereocenters. The molecule has 0 aromatic carbocycles. The highest BCUT2D eigenvalue weighted by Crippen LogP contribution is 2.18. The predicted octanol–water partition coefficient (Wildman–Crippen LogP) is 0.535. The molecule has 146 valence electrons. The van der Waals surface area contributed by atoms with Gasteiger partial charge < -0.3 is 19.9 Å². The van der Waals surface area contributed by atoms with Gasteiger partial charge in [0.1, 0.15) is 6.54 Å². The van der Waals surface area contributed by atoms with E-state index in [1.807, 2.05) is 0 Å². The second-order valence-corrected chi connectivity index (χ2v) is 7.61. The number of aliphatic imine (C=N–C) groups is 1. The minimum absolute atomic E-state index is 0.0257. The molecule has 3 heterocycles. The Morgan fingerprint density at radius 3 is 2.77 bits per heavy atom. The summed E-state index contributed by atoms with van der Waals surface area (Å²) in [4.78, 5) is 23.0. The first kappa shape index (κ1) is 19.2. The lowest BCUT2D eigenvalue weighted by atomic mass is 10.1. The number of carbonyl (C=O) groups excluding carboxylic acids is 1. The van der Waals surface area contributed by atoms with E-state index in [0.717, 1.165) is 64.6 Å². The summed E-state index contributed by atoms with van der Waals surface area (Å²) in [5.74, 6) is 0.877. The van der Waals surface area contributed by atoms with Crippen molar-refractivity contribution in [2.75, 3.05) is 60.0 Å². The fourth-order valence-corrected chi connectivity index (χ4v) is 3.75. The third kappa shape index (κ3) is 5.20. The third-order valence-electron chi connectivity index (χ3n) is 5.45. The van der Waals surface area contributed by atoms with E-state index in [1.54, 1.807) is 19.0 Å². The molecule has 1 N–H and O–H groups in total. The van der Waals surface area contributed by atoms with Crippen LogP contribution in [0, 0.1) is 0 Å². The fourth-order valence-electron chi connectivity index (χ4n) is 3.75. The van der Waals surface area contributed by atoms with Crippen molar-refractivity contribution in [1.82, 2.24) is 20.0 Å². The zero-order valence-electron chi connectivity index (χ0n) is 16.2. The molecule has 0 aromatic heterocycles. The molecule has 3 aliphatic rings. The van der Waals surface area contributed by atoms with Crippen LogP contribution in [0.2, 0.25) is 0 Å². The largest absolute Gasteiger partial charge is 0.376 e. The van der Waals surface area contributed by atoms with Gasteiger partial charge in [0.2, 0.25) is 5.91 Å². The summed E-state index contributed by atoms with van der Waals surface area (Å²) in [5.41, 5.74) is 0. The molecular weight excluding hydrogens is 330 g/mol. The number of carbonyl (C=O) groups is 1. The van der Waals surface area contributed by atoms with E-state index >= 15 is 0 Å². The standard InChI is InChI=1S/C19H33N5O2/c1-22(2)18(25)14-21-19(20-13-17-7-3-6-12-26-17)24-11-8-16(15-24)23-9-4-5-10-23/h4-5,16-17H,3,6-15H2,1-2H3,(H,20,21). The molecule has 2 saturated heterocycles. The van der Waals surface area contributed by atoms with E-state index < -0.39 is 0 Å². The molecule has 2 fully saturated rings. The first-order valence-corrected chi connectivity index (χ1v) is 9.87. The zero-order valence-corrected chi connectivity index (χ0v) is 16.2. The highest BCUT2D eigenvalue weighted by atomic mass is 16.5. The number of likely N-dealkylation sites (tertiary alicyclic amines) is 1. The number of nitrogens with zero attached hydrogens (tertiary/aromatic N) is 4. The fraction of sp³-hybridized carbons (Fsp3) is 0.789. The lowest BCUT2D eigenvalue weighted by Crippen LogP contribution is -2.46. The molecule has 0 spiro atoms. The maximum absolute atomic E-state index is 12.0. The lowest BCUT2D eigenvalue weighted by molar-refractivity contribution is -0.127. The summed E-state index contributed by atoms with van der Waals surface area (Å²) < 4.78 is 5.83. The first-order valence-electron chi connectivity index (χ1n) is 9.87. The molecule has 0 bridgehead atoms. The predicted molar refractivity (Wildman–Crippen MR) is 103 cm³/mol. The smallest absolute Gasteiger partial charge is 0.243 e. The van der Waals surface area contributed by atoms with Crippen molar-refractivity contribution in [3.63, 3.8) is 0 Å². The van der Waals surface area contributed by atoms with Gasteiger partial charge >= 0.3 is 0 Å². The molecule has 1 amide bonds. The van der Waals surface area contributed by atoms with E-state index in [0.29, 0.717) is 6.04 Å². The van der Waals surface area contributed by atoms with Crippen molar-refractivity contribution in [1.29, 1.82) is 0 Å². The molecule has 0 saturated carbocycles. The summed E-state index contributed by atoms with van der Waals surface area (Å²) in [7, 11) is 3.54. The second-order valence-electron chi connectivity index (χ2n) is 7.61. The van der Waals surface area contributed by atoms with E-state index in [-0.39, 0.29) is 18.6 Å². The summed E-state index contributed by atoms with van der Waals surface area (Å²) in [6, 6.07) is 0.562. The van der Waals surface area contributed by atoms with Crippen LogP contribution in [-0.4, -0.2) is 98.7 Å². The van der Waals surface area contributed by atoms with Crippen molar-refractivity contribution in [2.45, 2.75) is 37.8 Å². The van der Waals surface area contributed by atoms with Crippen LogP contribution < -0.4 is 5.32 Å². The quantitative estimate of drug-likeness (QED) is 0.439. The number of ether oxygens (including phenoxy) is 1. The number of hydrogen-bond donors (Lipinski definition) is 1. The van der Waals surface area contributed by atoms with Crippen LogP contribution >= 0.6 is 0 Å². The molecule has 3 rings (SSSR count). The summed E-state index contributed by atoms with van der Waals surface area (Å²) in [5, 5.41) is 3.48. The van der Waals surface area contributed by atoms with Crippen LogP contribution in [0.5, 0.6) is 0 Å². The van der Waals surface area contributed by atoms with Crippen molar-refractivity contribution >= 4 is 11.9 Å². The Morgan fingerprint density at radius 2 is 2.08 bits per heavy atom. The molecule has 0 radical (unpaired) electrons. The van der Waals surface area contributed by atoms with Gasteiger partial charge in [-0.25, -0.2) is 4.99 Å². The van der Waals surface area contributed by atoms with E-state index in [9.17, 15) is 4.79 Å². The third-order valence-corrected chi connectivity index (χ3v) is 5.45. The highest BCUT2D eigenvalue weighted by Gasteiger charge is 2.30. The van der Waals surface area contributed by atoms with Crippen LogP contribution in [0.1, 0.15) is 25.7 Å². The molecule has 2 unspecified atom stereocenters. The number of hydrogen-bond acceptors (Lipinski definition) is 4. The minimum Gasteiger partial charge on any atom is -0.376 e. The Balaban J connectivity index is 1.58. The maximum Gasteiger partial charge on any atom is 0.243 e. The van der Waals surface area contributed by atoms with Crippen LogP contribution in [0.25, 0.3) is 0 Å². The molecule has 0 aromatic rings. The van der Waals surface area contributed by atoms with Gasteiger partial charge in [0.15, 0.2) is 5.96 Å². The minimum atomic E-state index is 0.0257. The van der Waals surface area contributed by atoms with Crippen molar-refractivity contribution < 1.29 is 9.53 Å². The van der Waals surface area contributed by atoms with Crippen molar-refractivity contribution in [3.05, 3.63) is 12.2 Å². The highest BCUT2D eigenvalue weighted by molar-refractivity contribution is 5.85. The topological polar surface area (TPSA) is 60.4 Å². The van der Waals surface area contributed by atoms with Crippen molar-refractivity contribution in [3.8, 4) is 0 Å². The van der Waals surface area contributed by atoms with Gasteiger partial charge in [-0.15, -0.1) is 0 Å². The summed E-state index contributed by atoms with van der Waals surface area (Å²) >= 11 is 0. The van der Waals surface area contributed by atoms with Crippen LogP contribution in [0.3, 0.4) is 0 Å². The lowest BCUT2D eigenvalue weighted by Gasteiger charge is -2.28. The molecule has 26 heavy (non-hydrogen) atoms. The Kier molecular flexibility index (Phi) is 6.91. The normalized spacial score (nSPS) is 27.2. The maximum atomic E-state index is 12.0. The first-order chi connectivity index (χ1) is 12.6. The number of guanidine groups is 1. The van der Waals surface area contributed by atoms with Gasteiger partial charge in [0.05, 0.1) is 6.10 Å². The molecule has 7 nitrogen and oxygen atoms in total. The molecule has 7 heteroatoms. The number of nitrogens with one attached hydrogen (secondary N) is 1. The van der Waals surface area contributed by atoms with Crippen molar-refractivity contribution in [2.24, 2.45) is 4.99 Å². The van der Waals surface area contributed by atoms with Gasteiger partial charge in [0.25, 0.3) is 0 Å². The van der Waals surface area contributed by atoms with Gasteiger partial charge in [-0.1, -0.05) is 12.2 Å². The molecular formula is C19H33N5O2. The zero-order chi connectivity index (χ0) is 18.4. The van der Waals surface area contributed by atoms with Gasteiger partial charge in [-0.05, 0) is 25.7 Å². The van der Waals surface area contributed by atoms with Gasteiger partial charge in [0, 0.05) is 59.5 Å². The van der Waals surface area contributed by atoms with Gasteiger partial charge in [-0.3, -0.25) is 9.69 Å². The number of likely N-dealkylation sites (N-methyl/N-ethyl adjacent to an activating group) is 1. The summed E-state index contributed by atoms with van der Waals surface area (Å²) in [6.07, 6.45) is 9.36. The van der Waals surface area contributed by atoms with E-state index in [4.69, 9.17) is 4.74 Å². The van der Waals surface area contributed by atoms with Gasteiger partial charge in [-0.2, -0.15) is 0 Å². The molecule has 0 aliphatic carbocycles. The average Bonchev–Trinajstić information content (AvgIpc) is 3.33. The SMILES string of the molecule is CN(C)C(=O)CN=C(NCC1CCCCO1)N1CCC(N2CC=CC2)C1. The second kappa shape index (κ2) is 9.37. The van der Waals surface area contributed by atoms with E-state index in [2.05, 4.69) is 32.3 Å². The van der Waals surface area contributed by atoms with Crippen LogP contribution in [-0.2, 0) is 9.53 Å². The monoisotopic (exact) mass is 363 g/mol. The Bertz CT molecular complexity index is 520. The Morgan fingerprint density at radius 1 is 1.27 bits per heavy atom. The Labute approximate surface area is 157 Å². The van der Waals surface area contributed by atoms with Crippen LogP contribution in [0.4, 0.5) is 0 Å². The number of rotatable bonds is 5. The van der Waals surface area contributed by atoms with E-state index in [1.165, 1.54) is 6.42 Å². The number of amides is 1.